The molecular weight excluding hydrogens is 614 g/mol. The van der Waals surface area contributed by atoms with Crippen molar-refractivity contribution in [3.8, 4) is 0 Å². The van der Waals surface area contributed by atoms with Crippen LogP contribution in [0.15, 0.2) is 23.6 Å². The van der Waals surface area contributed by atoms with E-state index >= 15 is 0 Å². The number of anilines is 2. The SMILES string of the molecule is CCc1cc(C[C@@H](CCN2CCC(CCC3Cc4ccsc4NC3=O)CC2)C(=O)N2CCC(C3CCNCC3)CC2)cc(Cl)c1N. The van der Waals surface area contributed by atoms with E-state index in [9.17, 15) is 9.59 Å². The Balaban J connectivity index is 1.02. The molecule has 2 atom stereocenters. The number of hydrogen-bond acceptors (Lipinski definition) is 6. The molecule has 5 heterocycles. The number of carbonyl (C=O) groups excluding carboxylic acids is 2. The standard InChI is InChI=1S/C37H54ClN5O2S/c1-2-27-21-26(23-33(38)34(27)39)22-32(37(45)43-18-10-29(11-19-43)28-5-13-40-14-6-28)9-17-42-15-7-25(8-16-42)3-4-30-24-31-12-20-46-36(31)41-35(30)44/h12,20-21,23,25,28-30,32,40H,2-11,13-19,22,24,39H2,1H3,(H,41,44)/t30?,32-/m1/s1. The van der Waals surface area contributed by atoms with E-state index in [0.29, 0.717) is 29.0 Å². The van der Waals surface area contributed by atoms with Crippen LogP contribution in [0.25, 0.3) is 0 Å². The fourth-order valence-corrected chi connectivity index (χ4v) is 9.69. The summed E-state index contributed by atoms with van der Waals surface area (Å²) in [6.45, 7) is 9.27. The van der Waals surface area contributed by atoms with Gasteiger partial charge in [0.05, 0.1) is 15.7 Å². The van der Waals surface area contributed by atoms with Gasteiger partial charge in [0, 0.05) is 24.9 Å². The first-order chi connectivity index (χ1) is 22.4. The Morgan fingerprint density at radius 2 is 1.78 bits per heavy atom. The van der Waals surface area contributed by atoms with Crippen LogP contribution in [-0.2, 0) is 28.9 Å². The number of aryl methyl sites for hydroxylation is 1. The van der Waals surface area contributed by atoms with Crippen molar-refractivity contribution < 1.29 is 9.59 Å². The van der Waals surface area contributed by atoms with Crippen molar-refractivity contribution in [2.75, 3.05) is 56.9 Å². The fourth-order valence-electron chi connectivity index (χ4n) is 8.60. The molecule has 3 fully saturated rings. The minimum atomic E-state index is -0.0515. The van der Waals surface area contributed by atoms with Crippen LogP contribution >= 0.6 is 22.9 Å². The number of nitrogens with one attached hydrogen (secondary N) is 2. The smallest absolute Gasteiger partial charge is 0.228 e. The molecule has 0 spiro atoms. The number of fused-ring (bicyclic) bond motifs is 1. The van der Waals surface area contributed by atoms with Gasteiger partial charge in [0.25, 0.3) is 0 Å². The molecule has 4 aliphatic heterocycles. The average molecular weight is 668 g/mol. The fraction of sp³-hybridized carbons (Fsp3) is 0.676. The molecule has 7 nitrogen and oxygen atoms in total. The summed E-state index contributed by atoms with van der Waals surface area (Å²) in [6, 6.07) is 6.31. The molecule has 46 heavy (non-hydrogen) atoms. The number of rotatable bonds is 11. The van der Waals surface area contributed by atoms with Gasteiger partial charge in [-0.25, -0.2) is 0 Å². The van der Waals surface area contributed by atoms with Crippen molar-refractivity contribution >= 4 is 45.4 Å². The van der Waals surface area contributed by atoms with Gasteiger partial charge < -0.3 is 26.2 Å². The molecule has 252 valence electrons. The molecule has 4 N–H and O–H groups in total. The Bertz CT molecular complexity index is 1330. The van der Waals surface area contributed by atoms with Crippen molar-refractivity contribution in [1.29, 1.82) is 0 Å². The van der Waals surface area contributed by atoms with Crippen molar-refractivity contribution in [2.45, 2.75) is 84.0 Å². The number of piperidine rings is 3. The van der Waals surface area contributed by atoms with Crippen LogP contribution in [0, 0.1) is 29.6 Å². The number of nitrogens with two attached hydrogens (primary N) is 1. The molecule has 3 saturated heterocycles. The zero-order valence-corrected chi connectivity index (χ0v) is 29.3. The lowest BCUT2D eigenvalue weighted by atomic mass is 9.79. The Morgan fingerprint density at radius 3 is 2.52 bits per heavy atom. The second-order valence-corrected chi connectivity index (χ2v) is 15.8. The lowest BCUT2D eigenvalue weighted by molar-refractivity contribution is -0.137. The summed E-state index contributed by atoms with van der Waals surface area (Å²) in [6.07, 6.45) is 12.6. The van der Waals surface area contributed by atoms with Gasteiger partial charge in [-0.15, -0.1) is 11.3 Å². The summed E-state index contributed by atoms with van der Waals surface area (Å²) in [5, 5.41) is 10.3. The molecule has 6 rings (SSSR count). The van der Waals surface area contributed by atoms with E-state index in [1.807, 2.05) is 6.07 Å². The number of likely N-dealkylation sites (tertiary alicyclic amines) is 2. The molecule has 1 unspecified atom stereocenters. The van der Waals surface area contributed by atoms with Crippen molar-refractivity contribution in [1.82, 2.24) is 15.1 Å². The van der Waals surface area contributed by atoms with Crippen LogP contribution < -0.4 is 16.4 Å². The topological polar surface area (TPSA) is 90.7 Å². The van der Waals surface area contributed by atoms with E-state index in [4.69, 9.17) is 17.3 Å². The number of benzene rings is 1. The van der Waals surface area contributed by atoms with E-state index in [1.165, 1.54) is 31.2 Å². The summed E-state index contributed by atoms with van der Waals surface area (Å²) in [4.78, 5) is 31.5. The zero-order chi connectivity index (χ0) is 32.0. The first-order valence-electron chi connectivity index (χ1n) is 18.0. The second-order valence-electron chi connectivity index (χ2n) is 14.5. The summed E-state index contributed by atoms with van der Waals surface area (Å²) in [5.41, 5.74) is 10.4. The Hall–Kier alpha value is -2.13. The molecule has 0 bridgehead atoms. The van der Waals surface area contributed by atoms with Gasteiger partial charge >= 0.3 is 0 Å². The van der Waals surface area contributed by atoms with Crippen LogP contribution in [0.3, 0.4) is 0 Å². The first kappa shape index (κ1) is 33.8. The third-order valence-electron chi connectivity index (χ3n) is 11.6. The van der Waals surface area contributed by atoms with Crippen LogP contribution in [-0.4, -0.2) is 67.4 Å². The largest absolute Gasteiger partial charge is 0.397 e. The number of halogens is 1. The number of nitrogen functional groups attached to an aromatic ring is 1. The van der Waals surface area contributed by atoms with Crippen LogP contribution in [0.4, 0.5) is 10.7 Å². The summed E-state index contributed by atoms with van der Waals surface area (Å²) >= 11 is 8.19. The molecule has 9 heteroatoms. The molecule has 1 aromatic carbocycles. The number of nitrogens with zero attached hydrogens (tertiary/aromatic N) is 2. The van der Waals surface area contributed by atoms with E-state index in [2.05, 4.69) is 44.9 Å². The maximum Gasteiger partial charge on any atom is 0.228 e. The number of hydrogen-bond donors (Lipinski definition) is 3. The highest BCUT2D eigenvalue weighted by Crippen LogP contribution is 2.35. The van der Waals surface area contributed by atoms with Gasteiger partial charge in [0.2, 0.25) is 11.8 Å². The normalized spacial score (nSPS) is 22.9. The predicted molar refractivity (Wildman–Crippen MR) is 190 cm³/mol. The van der Waals surface area contributed by atoms with E-state index in [0.717, 1.165) is 119 Å². The van der Waals surface area contributed by atoms with E-state index in [-0.39, 0.29) is 17.7 Å². The monoisotopic (exact) mass is 667 g/mol. The molecule has 2 aromatic rings. The van der Waals surface area contributed by atoms with Gasteiger partial charge in [-0.3, -0.25) is 9.59 Å². The maximum absolute atomic E-state index is 14.1. The lowest BCUT2D eigenvalue weighted by Gasteiger charge is -2.39. The first-order valence-corrected chi connectivity index (χ1v) is 19.3. The summed E-state index contributed by atoms with van der Waals surface area (Å²) in [7, 11) is 0. The van der Waals surface area contributed by atoms with Gasteiger partial charge in [0.1, 0.15) is 0 Å². The summed E-state index contributed by atoms with van der Waals surface area (Å²) < 4.78 is 0. The summed E-state index contributed by atoms with van der Waals surface area (Å²) in [5.74, 6) is 2.83. The minimum Gasteiger partial charge on any atom is -0.397 e. The van der Waals surface area contributed by atoms with E-state index < -0.39 is 0 Å². The van der Waals surface area contributed by atoms with Crippen molar-refractivity contribution in [2.24, 2.45) is 29.6 Å². The zero-order valence-electron chi connectivity index (χ0n) is 27.7. The molecule has 4 aliphatic rings. The highest BCUT2D eigenvalue weighted by molar-refractivity contribution is 7.14. The Labute approximate surface area is 285 Å². The van der Waals surface area contributed by atoms with Gasteiger partial charge in [-0.05, 0) is 162 Å². The van der Waals surface area contributed by atoms with Gasteiger partial charge in [-0.2, -0.15) is 0 Å². The van der Waals surface area contributed by atoms with E-state index in [1.54, 1.807) is 11.3 Å². The number of thiophene rings is 1. The molecule has 0 saturated carbocycles. The maximum atomic E-state index is 14.1. The Kier molecular flexibility index (Phi) is 11.6. The van der Waals surface area contributed by atoms with Crippen LogP contribution in [0.5, 0.6) is 0 Å². The van der Waals surface area contributed by atoms with Crippen molar-refractivity contribution in [3.05, 3.63) is 45.3 Å². The predicted octanol–water partition coefficient (Wildman–Crippen LogP) is 6.64. The number of amides is 2. The van der Waals surface area contributed by atoms with Gasteiger partial charge in [-0.1, -0.05) is 24.6 Å². The molecule has 2 amide bonds. The molecule has 0 radical (unpaired) electrons. The van der Waals surface area contributed by atoms with Crippen molar-refractivity contribution in [3.63, 3.8) is 0 Å². The second kappa shape index (κ2) is 15.8. The highest BCUT2D eigenvalue weighted by Gasteiger charge is 2.33. The molecule has 1 aromatic heterocycles. The molecule has 0 aliphatic carbocycles. The lowest BCUT2D eigenvalue weighted by Crippen LogP contribution is -2.45. The number of carbonyl (C=O) groups is 2. The van der Waals surface area contributed by atoms with Crippen LogP contribution in [0.2, 0.25) is 5.02 Å². The average Bonchev–Trinajstić information content (AvgIpc) is 3.54. The van der Waals surface area contributed by atoms with Gasteiger partial charge in [0.15, 0.2) is 0 Å². The Morgan fingerprint density at radius 1 is 1.04 bits per heavy atom. The third-order valence-corrected chi connectivity index (χ3v) is 12.8. The third kappa shape index (κ3) is 8.29. The van der Waals surface area contributed by atoms with Crippen LogP contribution in [0.1, 0.15) is 81.4 Å². The molecular formula is C37H54ClN5O2S. The highest BCUT2D eigenvalue weighted by atomic mass is 35.5. The quantitative estimate of drug-likeness (QED) is 0.234. The minimum absolute atomic E-state index is 0.0515.